The van der Waals surface area contributed by atoms with Crippen molar-refractivity contribution in [2.75, 3.05) is 5.32 Å². The van der Waals surface area contributed by atoms with Crippen LogP contribution in [0.15, 0.2) is 65.8 Å². The van der Waals surface area contributed by atoms with Crippen molar-refractivity contribution in [3.8, 4) is 17.1 Å². The van der Waals surface area contributed by atoms with Gasteiger partial charge in [0.1, 0.15) is 5.75 Å². The van der Waals surface area contributed by atoms with Gasteiger partial charge in [-0.3, -0.25) is 4.79 Å². The van der Waals surface area contributed by atoms with Crippen molar-refractivity contribution in [1.82, 2.24) is 14.7 Å². The van der Waals surface area contributed by atoms with Crippen molar-refractivity contribution in [1.29, 1.82) is 0 Å². The summed E-state index contributed by atoms with van der Waals surface area (Å²) in [4.78, 5) is 20.9. The van der Waals surface area contributed by atoms with Gasteiger partial charge in [0.05, 0.1) is 23.0 Å². The number of aryl methyl sites for hydroxylation is 1. The van der Waals surface area contributed by atoms with E-state index in [1.54, 1.807) is 48.5 Å². The first-order valence-corrected chi connectivity index (χ1v) is 11.4. The summed E-state index contributed by atoms with van der Waals surface area (Å²) in [6.45, 7) is 0. The average Bonchev–Trinajstić information content (AvgIpc) is 3.56. The summed E-state index contributed by atoms with van der Waals surface area (Å²) in [6.07, 6.45) is 5.50. The van der Waals surface area contributed by atoms with Gasteiger partial charge in [-0.25, -0.2) is 23.1 Å². The molecule has 0 spiro atoms. The third kappa shape index (κ3) is 5.65. The minimum Gasteiger partial charge on any atom is -0.508 e. The summed E-state index contributed by atoms with van der Waals surface area (Å²) in [5.74, 6) is 0.379. The standard InChI is InChI=1S/C22H22N4O4S/c27-19-3-1-2-16(12-19)22-23-13-18(14-24-22)25-21(28)11-6-15-4-9-20(10-5-15)31(29,30)26-17-7-8-17/h1-5,9-10,12-14,17,26-27H,6-8,11H2,(H,25,28). The normalized spacial score (nSPS) is 13.7. The Balaban J connectivity index is 1.30. The molecule has 1 amide bonds. The van der Waals surface area contributed by atoms with Crippen LogP contribution >= 0.6 is 0 Å². The molecule has 160 valence electrons. The number of nitrogens with one attached hydrogen (secondary N) is 2. The van der Waals surface area contributed by atoms with Gasteiger partial charge in [-0.1, -0.05) is 24.3 Å². The number of sulfonamides is 1. The second-order valence-corrected chi connectivity index (χ2v) is 9.15. The third-order valence-corrected chi connectivity index (χ3v) is 6.35. The van der Waals surface area contributed by atoms with E-state index in [2.05, 4.69) is 20.0 Å². The molecule has 0 bridgehead atoms. The molecule has 4 rings (SSSR count). The summed E-state index contributed by atoms with van der Waals surface area (Å²) in [6, 6.07) is 13.2. The highest BCUT2D eigenvalue weighted by atomic mass is 32.2. The molecule has 0 saturated heterocycles. The van der Waals surface area contributed by atoms with Crippen LogP contribution in [0.4, 0.5) is 5.69 Å². The monoisotopic (exact) mass is 438 g/mol. The molecular weight excluding hydrogens is 416 g/mol. The summed E-state index contributed by atoms with van der Waals surface area (Å²) in [5.41, 5.74) is 2.02. The second kappa shape index (κ2) is 8.83. The topological polar surface area (TPSA) is 121 Å². The lowest BCUT2D eigenvalue weighted by molar-refractivity contribution is -0.116. The summed E-state index contributed by atoms with van der Waals surface area (Å²) >= 11 is 0. The number of benzene rings is 2. The number of nitrogens with zero attached hydrogens (tertiary/aromatic N) is 2. The second-order valence-electron chi connectivity index (χ2n) is 7.43. The van der Waals surface area contributed by atoms with Gasteiger partial charge in [0.15, 0.2) is 5.82 Å². The molecule has 1 aliphatic carbocycles. The highest BCUT2D eigenvalue weighted by Crippen LogP contribution is 2.23. The number of aromatic hydroxyl groups is 1. The van der Waals surface area contributed by atoms with Crippen LogP contribution in [0.3, 0.4) is 0 Å². The van der Waals surface area contributed by atoms with E-state index in [4.69, 9.17) is 0 Å². The zero-order valence-electron chi connectivity index (χ0n) is 16.7. The molecule has 2 aromatic carbocycles. The van der Waals surface area contributed by atoms with Gasteiger partial charge < -0.3 is 10.4 Å². The van der Waals surface area contributed by atoms with Gasteiger partial charge in [0, 0.05) is 18.0 Å². The summed E-state index contributed by atoms with van der Waals surface area (Å²) in [7, 11) is -3.47. The van der Waals surface area contributed by atoms with Crippen LogP contribution in [0.5, 0.6) is 5.75 Å². The van der Waals surface area contributed by atoms with Crippen LogP contribution in [0, 0.1) is 0 Å². The van der Waals surface area contributed by atoms with Gasteiger partial charge in [0.25, 0.3) is 0 Å². The maximum Gasteiger partial charge on any atom is 0.240 e. The molecule has 8 nitrogen and oxygen atoms in total. The smallest absolute Gasteiger partial charge is 0.240 e. The number of anilines is 1. The van der Waals surface area contributed by atoms with Crippen molar-refractivity contribution in [2.45, 2.75) is 36.6 Å². The van der Waals surface area contributed by atoms with Gasteiger partial charge in [-0.15, -0.1) is 0 Å². The summed E-state index contributed by atoms with van der Waals surface area (Å²) < 4.78 is 27.0. The van der Waals surface area contributed by atoms with E-state index in [9.17, 15) is 18.3 Å². The summed E-state index contributed by atoms with van der Waals surface area (Å²) in [5, 5.41) is 12.3. The van der Waals surface area contributed by atoms with E-state index in [-0.39, 0.29) is 29.0 Å². The van der Waals surface area contributed by atoms with Crippen molar-refractivity contribution in [3.05, 3.63) is 66.5 Å². The molecule has 1 heterocycles. The van der Waals surface area contributed by atoms with E-state index in [0.717, 1.165) is 18.4 Å². The molecule has 1 aromatic heterocycles. The molecule has 1 saturated carbocycles. The lowest BCUT2D eigenvalue weighted by atomic mass is 10.1. The van der Waals surface area contributed by atoms with Crippen LogP contribution in [-0.2, 0) is 21.2 Å². The molecule has 0 unspecified atom stereocenters. The molecule has 3 N–H and O–H groups in total. The number of amides is 1. The number of aromatic nitrogens is 2. The van der Waals surface area contributed by atoms with Gasteiger partial charge in [-0.05, 0) is 49.1 Å². The lowest BCUT2D eigenvalue weighted by Crippen LogP contribution is -2.25. The Morgan fingerprint density at radius 2 is 1.77 bits per heavy atom. The molecular formula is C22H22N4O4S. The number of carbonyl (C=O) groups is 1. The third-order valence-electron chi connectivity index (χ3n) is 4.81. The van der Waals surface area contributed by atoms with Crippen molar-refractivity contribution >= 4 is 21.6 Å². The van der Waals surface area contributed by atoms with Crippen LogP contribution in [-0.4, -0.2) is 35.4 Å². The van der Waals surface area contributed by atoms with Gasteiger partial charge in [-0.2, -0.15) is 0 Å². The van der Waals surface area contributed by atoms with Crippen molar-refractivity contribution in [3.63, 3.8) is 0 Å². The fourth-order valence-electron chi connectivity index (χ4n) is 2.99. The van der Waals surface area contributed by atoms with Crippen molar-refractivity contribution < 1.29 is 18.3 Å². The first kappa shape index (κ1) is 21.0. The molecule has 0 radical (unpaired) electrons. The van der Waals surface area contributed by atoms with Crippen LogP contribution < -0.4 is 10.0 Å². The molecule has 3 aromatic rings. The largest absolute Gasteiger partial charge is 0.508 e. The van der Waals surface area contributed by atoms with Gasteiger partial charge in [0.2, 0.25) is 15.9 Å². The SMILES string of the molecule is O=C(CCc1ccc(S(=O)(=O)NC2CC2)cc1)Nc1cnc(-c2cccc(O)c2)nc1. The number of phenols is 1. The maximum absolute atomic E-state index is 12.2. The Kier molecular flexibility index (Phi) is 5.97. The number of phenolic OH excluding ortho intramolecular Hbond substituents is 1. The zero-order chi connectivity index (χ0) is 21.8. The van der Waals surface area contributed by atoms with Gasteiger partial charge >= 0.3 is 0 Å². The number of carbonyl (C=O) groups excluding carboxylic acids is 1. The van der Waals surface area contributed by atoms with Crippen molar-refractivity contribution in [2.24, 2.45) is 0 Å². The van der Waals surface area contributed by atoms with E-state index in [1.807, 2.05) is 0 Å². The molecule has 31 heavy (non-hydrogen) atoms. The van der Waals surface area contributed by atoms with Crippen LogP contribution in [0.1, 0.15) is 24.8 Å². The highest BCUT2D eigenvalue weighted by molar-refractivity contribution is 7.89. The maximum atomic E-state index is 12.2. The quantitative estimate of drug-likeness (QED) is 0.497. The molecule has 0 aliphatic heterocycles. The number of rotatable bonds is 8. The van der Waals surface area contributed by atoms with E-state index < -0.39 is 10.0 Å². The Morgan fingerprint density at radius 3 is 2.42 bits per heavy atom. The predicted octanol–water partition coefficient (Wildman–Crippen LogP) is 2.86. The Bertz CT molecular complexity index is 1170. The molecule has 0 atom stereocenters. The minimum absolute atomic E-state index is 0.0614. The average molecular weight is 439 g/mol. The van der Waals surface area contributed by atoms with E-state index in [0.29, 0.717) is 23.5 Å². The minimum atomic E-state index is -3.47. The fraction of sp³-hybridized carbons (Fsp3) is 0.227. The lowest BCUT2D eigenvalue weighted by Gasteiger charge is -2.08. The van der Waals surface area contributed by atoms with E-state index >= 15 is 0 Å². The zero-order valence-corrected chi connectivity index (χ0v) is 17.5. The highest BCUT2D eigenvalue weighted by Gasteiger charge is 2.27. The predicted molar refractivity (Wildman–Crippen MR) is 116 cm³/mol. The first-order chi connectivity index (χ1) is 14.9. The van der Waals surface area contributed by atoms with Crippen LogP contribution in [0.25, 0.3) is 11.4 Å². The fourth-order valence-corrected chi connectivity index (χ4v) is 4.30. The molecule has 9 heteroatoms. The number of hydrogen-bond donors (Lipinski definition) is 3. The Hall–Kier alpha value is -3.30. The number of hydrogen-bond acceptors (Lipinski definition) is 6. The Labute approximate surface area is 180 Å². The van der Waals surface area contributed by atoms with E-state index in [1.165, 1.54) is 12.4 Å². The first-order valence-electron chi connectivity index (χ1n) is 9.92. The Morgan fingerprint density at radius 1 is 1.06 bits per heavy atom. The molecule has 1 fully saturated rings. The molecule has 1 aliphatic rings. The van der Waals surface area contributed by atoms with Crippen LogP contribution in [0.2, 0.25) is 0 Å².